The fourth-order valence-electron chi connectivity index (χ4n) is 3.04. The molecule has 0 spiro atoms. The second kappa shape index (κ2) is 8.49. The minimum Gasteiger partial charge on any atom is -0.325 e. The van der Waals surface area contributed by atoms with Crippen LogP contribution in [-0.2, 0) is 22.8 Å². The average molecular weight is 494 g/mol. The molecule has 2 aromatic carbocycles. The zero-order valence-corrected chi connectivity index (χ0v) is 19.2. The van der Waals surface area contributed by atoms with E-state index in [-0.39, 0.29) is 22.0 Å². The van der Waals surface area contributed by atoms with Crippen molar-refractivity contribution in [2.45, 2.75) is 45.7 Å². The summed E-state index contributed by atoms with van der Waals surface area (Å²) >= 11 is 3.05. The molecule has 0 saturated heterocycles. The molecule has 0 atom stereocenters. The van der Waals surface area contributed by atoms with Crippen LogP contribution in [0.4, 0.5) is 18.9 Å². The van der Waals surface area contributed by atoms with Gasteiger partial charge in [-0.15, -0.1) is 0 Å². The predicted octanol–water partition coefficient (Wildman–Crippen LogP) is 6.44. The second-order valence-corrected chi connectivity index (χ2v) is 9.35. The van der Waals surface area contributed by atoms with Gasteiger partial charge in [-0.2, -0.15) is 18.3 Å². The minimum atomic E-state index is -4.59. The molecular formula is C23H23BrF3N3O. The molecule has 1 N–H and O–H groups in total. The Hall–Kier alpha value is -2.61. The fraction of sp³-hybridized carbons (Fsp3) is 0.304. The lowest BCUT2D eigenvalue weighted by Gasteiger charge is -2.14. The Balaban J connectivity index is 1.93. The topological polar surface area (TPSA) is 46.9 Å². The number of amides is 1. The minimum absolute atomic E-state index is 0.121. The number of nitrogens with one attached hydrogen (secondary N) is 1. The van der Waals surface area contributed by atoms with Crippen molar-refractivity contribution in [3.8, 4) is 5.69 Å². The van der Waals surface area contributed by atoms with E-state index in [4.69, 9.17) is 0 Å². The third-order valence-corrected chi connectivity index (χ3v) is 5.23. The third-order valence-electron chi connectivity index (χ3n) is 4.73. The predicted molar refractivity (Wildman–Crippen MR) is 118 cm³/mol. The van der Waals surface area contributed by atoms with E-state index in [1.54, 1.807) is 4.68 Å². The number of benzene rings is 2. The first-order valence-electron chi connectivity index (χ1n) is 9.67. The van der Waals surface area contributed by atoms with E-state index in [1.807, 2.05) is 58.0 Å². The number of halogens is 4. The number of hydrogen-bond acceptors (Lipinski definition) is 2. The first-order valence-corrected chi connectivity index (χ1v) is 10.5. The summed E-state index contributed by atoms with van der Waals surface area (Å²) in [6.07, 6.45) is -4.71. The smallest absolute Gasteiger partial charge is 0.325 e. The zero-order chi connectivity index (χ0) is 23.0. The van der Waals surface area contributed by atoms with Crippen LogP contribution in [0.1, 0.15) is 43.3 Å². The van der Waals surface area contributed by atoms with Gasteiger partial charge in [0.2, 0.25) is 5.91 Å². The number of hydrogen-bond donors (Lipinski definition) is 1. The van der Waals surface area contributed by atoms with E-state index in [0.29, 0.717) is 5.69 Å². The van der Waals surface area contributed by atoms with Crippen molar-refractivity contribution in [1.82, 2.24) is 9.78 Å². The van der Waals surface area contributed by atoms with Crippen LogP contribution in [-0.4, -0.2) is 15.7 Å². The summed E-state index contributed by atoms with van der Waals surface area (Å²) in [7, 11) is 0. The normalized spacial score (nSPS) is 12.1. The molecule has 0 aliphatic heterocycles. The van der Waals surface area contributed by atoms with E-state index in [0.717, 1.165) is 23.0 Å². The lowest BCUT2D eigenvalue weighted by atomic mass is 9.92. The average Bonchev–Trinajstić information content (AvgIpc) is 3.07. The monoisotopic (exact) mass is 493 g/mol. The van der Waals surface area contributed by atoms with Gasteiger partial charge in [-0.3, -0.25) is 4.79 Å². The lowest BCUT2D eigenvalue weighted by Crippen LogP contribution is -2.19. The number of carbonyl (C=O) groups is 1. The molecule has 0 aliphatic rings. The Labute approximate surface area is 187 Å². The van der Waals surface area contributed by atoms with Crippen molar-refractivity contribution in [2.75, 3.05) is 5.32 Å². The summed E-state index contributed by atoms with van der Waals surface area (Å²) in [6.45, 7) is 8.00. The maximum absolute atomic E-state index is 13.4. The standard InChI is InChI=1S/C23H23BrF3N3O/c1-14-5-8-16(9-6-14)30-17(12-20(29-30)22(2,3)4)13-21(31)28-19-10-7-15(24)11-18(19)23(25,26)27/h5-12H,13H2,1-4H3,(H,28,31). The number of anilines is 1. The van der Waals surface area contributed by atoms with E-state index < -0.39 is 17.6 Å². The summed E-state index contributed by atoms with van der Waals surface area (Å²) in [5.41, 5.74) is 1.81. The van der Waals surface area contributed by atoms with Crippen molar-refractivity contribution < 1.29 is 18.0 Å². The molecule has 164 valence electrons. The van der Waals surface area contributed by atoms with Crippen LogP contribution in [0.2, 0.25) is 0 Å². The molecule has 0 fully saturated rings. The van der Waals surface area contributed by atoms with Crippen LogP contribution in [0.5, 0.6) is 0 Å². The van der Waals surface area contributed by atoms with Crippen LogP contribution in [0, 0.1) is 6.92 Å². The Morgan fingerprint density at radius 2 is 1.71 bits per heavy atom. The van der Waals surface area contributed by atoms with Crippen LogP contribution in [0.25, 0.3) is 5.69 Å². The molecular weight excluding hydrogens is 471 g/mol. The van der Waals surface area contributed by atoms with E-state index in [9.17, 15) is 18.0 Å². The molecule has 3 aromatic rings. The van der Waals surface area contributed by atoms with Gasteiger partial charge in [-0.25, -0.2) is 4.68 Å². The van der Waals surface area contributed by atoms with Crippen molar-refractivity contribution in [2.24, 2.45) is 0 Å². The summed E-state index contributed by atoms with van der Waals surface area (Å²) in [4.78, 5) is 12.7. The summed E-state index contributed by atoms with van der Waals surface area (Å²) in [6, 6.07) is 13.1. The Bertz CT molecular complexity index is 1100. The van der Waals surface area contributed by atoms with E-state index >= 15 is 0 Å². The first kappa shape index (κ1) is 23.1. The Morgan fingerprint density at radius 3 is 2.29 bits per heavy atom. The zero-order valence-electron chi connectivity index (χ0n) is 17.6. The van der Waals surface area contributed by atoms with Crippen LogP contribution in [0.3, 0.4) is 0 Å². The molecule has 1 aromatic heterocycles. The molecule has 3 rings (SSSR count). The fourth-order valence-corrected chi connectivity index (χ4v) is 3.40. The molecule has 8 heteroatoms. The third kappa shape index (κ3) is 5.55. The summed E-state index contributed by atoms with van der Waals surface area (Å²) in [5, 5.41) is 7.07. The molecule has 31 heavy (non-hydrogen) atoms. The van der Waals surface area contributed by atoms with Gasteiger partial charge in [0.05, 0.1) is 34.7 Å². The van der Waals surface area contributed by atoms with Gasteiger partial charge in [-0.1, -0.05) is 54.4 Å². The molecule has 0 saturated carbocycles. The molecule has 0 radical (unpaired) electrons. The SMILES string of the molecule is Cc1ccc(-n2nc(C(C)(C)C)cc2CC(=O)Nc2ccc(Br)cc2C(F)(F)F)cc1. The highest BCUT2D eigenvalue weighted by Crippen LogP contribution is 2.36. The van der Waals surface area contributed by atoms with E-state index in [2.05, 4.69) is 26.3 Å². The highest BCUT2D eigenvalue weighted by atomic mass is 79.9. The van der Waals surface area contributed by atoms with E-state index in [1.165, 1.54) is 12.1 Å². The van der Waals surface area contributed by atoms with Crippen molar-refractivity contribution in [1.29, 1.82) is 0 Å². The second-order valence-electron chi connectivity index (χ2n) is 8.43. The van der Waals surface area contributed by atoms with Gasteiger partial charge in [0.25, 0.3) is 0 Å². The quantitative estimate of drug-likeness (QED) is 0.454. The van der Waals surface area contributed by atoms with Gasteiger partial charge in [-0.05, 0) is 43.3 Å². The van der Waals surface area contributed by atoms with Gasteiger partial charge in [0, 0.05) is 9.89 Å². The maximum Gasteiger partial charge on any atom is 0.418 e. The Kier molecular flexibility index (Phi) is 6.32. The Morgan fingerprint density at radius 1 is 1.06 bits per heavy atom. The van der Waals surface area contributed by atoms with Gasteiger partial charge < -0.3 is 5.32 Å². The number of carbonyl (C=O) groups excluding carboxylic acids is 1. The van der Waals surface area contributed by atoms with Crippen LogP contribution in [0.15, 0.2) is 53.0 Å². The largest absolute Gasteiger partial charge is 0.418 e. The highest BCUT2D eigenvalue weighted by molar-refractivity contribution is 9.10. The number of rotatable bonds is 4. The molecule has 0 bridgehead atoms. The van der Waals surface area contributed by atoms with Crippen molar-refractivity contribution in [3.63, 3.8) is 0 Å². The number of aromatic nitrogens is 2. The molecule has 1 heterocycles. The van der Waals surface area contributed by atoms with Crippen molar-refractivity contribution in [3.05, 3.63) is 75.5 Å². The number of alkyl halides is 3. The van der Waals surface area contributed by atoms with Crippen LogP contribution < -0.4 is 5.32 Å². The molecule has 1 amide bonds. The first-order chi connectivity index (χ1) is 14.3. The molecule has 4 nitrogen and oxygen atoms in total. The van der Waals surface area contributed by atoms with Gasteiger partial charge >= 0.3 is 6.18 Å². The maximum atomic E-state index is 13.4. The highest BCUT2D eigenvalue weighted by Gasteiger charge is 2.34. The number of aryl methyl sites for hydroxylation is 1. The van der Waals surface area contributed by atoms with Crippen molar-refractivity contribution >= 4 is 27.5 Å². The summed E-state index contributed by atoms with van der Waals surface area (Å²) < 4.78 is 42.1. The lowest BCUT2D eigenvalue weighted by molar-refractivity contribution is -0.137. The molecule has 0 unspecified atom stereocenters. The van der Waals surface area contributed by atoms with Gasteiger partial charge in [0.15, 0.2) is 0 Å². The summed E-state index contributed by atoms with van der Waals surface area (Å²) in [5.74, 6) is -0.554. The van der Waals surface area contributed by atoms with Gasteiger partial charge in [0.1, 0.15) is 0 Å². The molecule has 0 aliphatic carbocycles. The number of nitrogens with zero attached hydrogens (tertiary/aromatic N) is 2. The van der Waals surface area contributed by atoms with Crippen LogP contribution >= 0.6 is 15.9 Å².